The third-order valence-electron chi connectivity index (χ3n) is 10.7. The third-order valence-corrected chi connectivity index (χ3v) is 10.7. The van der Waals surface area contributed by atoms with E-state index in [0.717, 1.165) is 72.5 Å². The summed E-state index contributed by atoms with van der Waals surface area (Å²) in [6, 6.07) is 8.14. The summed E-state index contributed by atoms with van der Waals surface area (Å²) in [5.41, 5.74) is 10.5. The van der Waals surface area contributed by atoms with Gasteiger partial charge in [0.05, 0.1) is 29.8 Å². The standard InChI is InChI=1S/C36H38N4O4/c1-10-22-21(6)28-15-31-23-11-12-24(33(41)42)36(8,34(43)44-9)35(23,7)32(40-31)16-29-20(5)19(4)26(38-29)13-25-17(2)18(3)27(37-25)14-30(22)39-28/h10,12-16,23,37-38H,1,11H2,2-9H3,(H,41,42). The van der Waals surface area contributed by atoms with E-state index >= 15 is 0 Å². The number of carboxylic acid groups (broad SMARTS) is 1. The first-order valence-electron chi connectivity index (χ1n) is 14.8. The number of H-pyrrole nitrogens is 2. The van der Waals surface area contributed by atoms with Crippen LogP contribution in [0.25, 0.3) is 33.2 Å². The number of aryl methyl sites for hydroxylation is 4. The Bertz CT molecular complexity index is 2040. The quantitative estimate of drug-likeness (QED) is 0.275. The molecule has 8 heteroatoms. The second-order valence-electron chi connectivity index (χ2n) is 12.6. The molecule has 0 aromatic carbocycles. The number of hydrogen-bond acceptors (Lipinski definition) is 5. The lowest BCUT2D eigenvalue weighted by Crippen LogP contribution is -2.54. The van der Waals surface area contributed by atoms with Crippen LogP contribution in [0.4, 0.5) is 0 Å². The molecule has 226 valence electrons. The van der Waals surface area contributed by atoms with Gasteiger partial charge in [0, 0.05) is 44.7 Å². The SMILES string of the molecule is C=CC1=C(C)c2cc3nc(cc4[nH]c(cc5[nH]c(cc1n2)c(C)c5C)c(C)c4C)C1(C)C3CC=C(C(=O)O)C1(C)C(=O)OC. The fourth-order valence-corrected chi connectivity index (χ4v) is 7.35. The molecule has 3 atom stereocenters. The highest BCUT2D eigenvalue weighted by molar-refractivity contribution is 5.99. The Morgan fingerprint density at radius 3 is 2.02 bits per heavy atom. The molecule has 0 fully saturated rings. The van der Waals surface area contributed by atoms with Crippen LogP contribution in [-0.4, -0.2) is 44.1 Å². The summed E-state index contributed by atoms with van der Waals surface area (Å²) in [6.45, 7) is 18.1. The molecule has 8 bridgehead atoms. The number of fused-ring (bicyclic) bond motifs is 11. The molecule has 3 aliphatic rings. The largest absolute Gasteiger partial charge is 0.478 e. The Morgan fingerprint density at radius 1 is 0.909 bits per heavy atom. The number of allylic oxidation sites excluding steroid dienone is 4. The Labute approximate surface area is 256 Å². The van der Waals surface area contributed by atoms with Crippen molar-refractivity contribution in [3.8, 4) is 0 Å². The normalized spacial score (nSPS) is 22.8. The maximum Gasteiger partial charge on any atom is 0.332 e. The van der Waals surface area contributed by atoms with E-state index in [0.29, 0.717) is 12.1 Å². The van der Waals surface area contributed by atoms with Crippen molar-refractivity contribution in [1.29, 1.82) is 0 Å². The van der Waals surface area contributed by atoms with Crippen molar-refractivity contribution in [3.05, 3.63) is 93.6 Å². The van der Waals surface area contributed by atoms with Crippen molar-refractivity contribution < 1.29 is 19.4 Å². The van der Waals surface area contributed by atoms with Crippen molar-refractivity contribution in [2.45, 2.75) is 66.2 Å². The fraction of sp³-hybridized carbons (Fsp3) is 0.333. The summed E-state index contributed by atoms with van der Waals surface area (Å²) in [5, 5.41) is 10.3. The van der Waals surface area contributed by atoms with Gasteiger partial charge < -0.3 is 19.8 Å². The molecule has 44 heavy (non-hydrogen) atoms. The first-order valence-corrected chi connectivity index (χ1v) is 14.8. The molecular weight excluding hydrogens is 552 g/mol. The van der Waals surface area contributed by atoms with E-state index in [4.69, 9.17) is 14.7 Å². The predicted molar refractivity (Wildman–Crippen MR) is 173 cm³/mol. The number of carbonyl (C=O) groups excluding carboxylic acids is 1. The minimum absolute atomic E-state index is 0.0198. The van der Waals surface area contributed by atoms with Gasteiger partial charge in [0.25, 0.3) is 0 Å². The number of carbonyl (C=O) groups is 2. The minimum atomic E-state index is -1.51. The average molecular weight is 591 g/mol. The number of hydrogen-bond donors (Lipinski definition) is 3. The monoisotopic (exact) mass is 590 g/mol. The van der Waals surface area contributed by atoms with Crippen molar-refractivity contribution in [2.24, 2.45) is 5.41 Å². The summed E-state index contributed by atoms with van der Waals surface area (Å²) in [7, 11) is 1.30. The molecule has 6 rings (SSSR count). The van der Waals surface area contributed by atoms with E-state index in [2.05, 4.69) is 56.4 Å². The number of aromatic amines is 2. The molecule has 2 aliphatic heterocycles. The van der Waals surface area contributed by atoms with E-state index in [1.165, 1.54) is 7.11 Å². The Balaban J connectivity index is 1.81. The van der Waals surface area contributed by atoms with Crippen molar-refractivity contribution in [2.75, 3.05) is 7.11 Å². The van der Waals surface area contributed by atoms with Gasteiger partial charge >= 0.3 is 11.9 Å². The van der Waals surface area contributed by atoms with Crippen LogP contribution in [0.15, 0.2) is 48.6 Å². The van der Waals surface area contributed by atoms with Crippen LogP contribution in [-0.2, 0) is 19.7 Å². The molecule has 0 spiro atoms. The summed E-state index contributed by atoms with van der Waals surface area (Å²) in [6.07, 6.45) is 3.88. The zero-order chi connectivity index (χ0) is 31.9. The van der Waals surface area contributed by atoms with E-state index < -0.39 is 22.8 Å². The molecule has 3 aromatic rings. The van der Waals surface area contributed by atoms with Gasteiger partial charge in [-0.2, -0.15) is 0 Å². The van der Waals surface area contributed by atoms with E-state index in [1.807, 2.05) is 32.1 Å². The van der Waals surface area contributed by atoms with Gasteiger partial charge in [-0.1, -0.05) is 25.7 Å². The Morgan fingerprint density at radius 2 is 1.48 bits per heavy atom. The van der Waals surface area contributed by atoms with Crippen molar-refractivity contribution in [1.82, 2.24) is 19.9 Å². The second-order valence-corrected chi connectivity index (χ2v) is 12.6. The first-order chi connectivity index (χ1) is 20.8. The number of rotatable bonds is 3. The van der Waals surface area contributed by atoms with E-state index in [9.17, 15) is 14.7 Å². The van der Waals surface area contributed by atoms with Gasteiger partial charge in [-0.25, -0.2) is 9.78 Å². The molecule has 3 N–H and O–H groups in total. The molecule has 3 aromatic heterocycles. The lowest BCUT2D eigenvalue weighted by molar-refractivity contribution is -0.157. The molecule has 0 saturated carbocycles. The summed E-state index contributed by atoms with van der Waals surface area (Å²) >= 11 is 0. The van der Waals surface area contributed by atoms with Gasteiger partial charge in [-0.3, -0.25) is 9.78 Å². The summed E-state index contributed by atoms with van der Waals surface area (Å²) in [4.78, 5) is 43.7. The molecule has 5 heterocycles. The van der Waals surface area contributed by atoms with Gasteiger partial charge in [0.15, 0.2) is 0 Å². The lowest BCUT2D eigenvalue weighted by Gasteiger charge is -2.48. The van der Waals surface area contributed by atoms with E-state index in [1.54, 1.807) is 13.0 Å². The molecule has 1 aliphatic carbocycles. The second kappa shape index (κ2) is 9.91. The minimum Gasteiger partial charge on any atom is -0.478 e. The van der Waals surface area contributed by atoms with Crippen LogP contribution in [0.1, 0.15) is 78.1 Å². The van der Waals surface area contributed by atoms with Gasteiger partial charge in [0.2, 0.25) is 0 Å². The molecular formula is C36H38N4O4. The summed E-state index contributed by atoms with van der Waals surface area (Å²) in [5.74, 6) is -2.05. The third kappa shape index (κ3) is 3.82. The number of carboxylic acids is 1. The smallest absolute Gasteiger partial charge is 0.332 e. The topological polar surface area (TPSA) is 121 Å². The average Bonchev–Trinajstić information content (AvgIpc) is 3.62. The van der Waals surface area contributed by atoms with Crippen LogP contribution in [0.2, 0.25) is 0 Å². The zero-order valence-electron chi connectivity index (χ0n) is 26.5. The molecule has 0 saturated heterocycles. The van der Waals surface area contributed by atoms with E-state index in [-0.39, 0.29) is 11.5 Å². The van der Waals surface area contributed by atoms with Crippen LogP contribution >= 0.6 is 0 Å². The Hall–Kier alpha value is -4.72. The Kier molecular flexibility index (Phi) is 6.61. The number of aliphatic carboxylic acids is 1. The molecule has 3 unspecified atom stereocenters. The highest BCUT2D eigenvalue weighted by Gasteiger charge is 2.64. The molecule has 8 nitrogen and oxygen atoms in total. The predicted octanol–water partition coefficient (Wildman–Crippen LogP) is 7.30. The molecule has 0 radical (unpaired) electrons. The highest BCUT2D eigenvalue weighted by Crippen LogP contribution is 2.61. The van der Waals surface area contributed by atoms with Gasteiger partial charge in [-0.15, -0.1) is 0 Å². The van der Waals surface area contributed by atoms with Crippen LogP contribution in [0.5, 0.6) is 0 Å². The number of nitrogens with zero attached hydrogens (tertiary/aromatic N) is 2. The van der Waals surface area contributed by atoms with Crippen LogP contribution in [0.3, 0.4) is 0 Å². The fourth-order valence-electron chi connectivity index (χ4n) is 7.35. The maximum absolute atomic E-state index is 13.7. The van der Waals surface area contributed by atoms with Gasteiger partial charge in [0.1, 0.15) is 5.41 Å². The lowest BCUT2D eigenvalue weighted by atomic mass is 9.51. The number of aromatic nitrogens is 4. The van der Waals surface area contributed by atoms with Gasteiger partial charge in [-0.05, 0) is 100 Å². The van der Waals surface area contributed by atoms with Crippen LogP contribution < -0.4 is 0 Å². The van der Waals surface area contributed by atoms with Crippen molar-refractivity contribution in [3.63, 3.8) is 0 Å². The summed E-state index contributed by atoms with van der Waals surface area (Å²) < 4.78 is 5.31. The zero-order valence-corrected chi connectivity index (χ0v) is 26.5. The van der Waals surface area contributed by atoms with Crippen molar-refractivity contribution >= 4 is 45.2 Å². The number of methoxy groups -OCH3 is 1. The number of esters is 1. The highest BCUT2D eigenvalue weighted by atomic mass is 16.5. The number of ether oxygens (including phenoxy) is 1. The first kappa shape index (κ1) is 29.4. The number of nitrogens with one attached hydrogen (secondary N) is 2. The van der Waals surface area contributed by atoms with Crippen LogP contribution in [0, 0.1) is 33.1 Å². The maximum atomic E-state index is 13.7. The molecule has 0 amide bonds.